The Kier molecular flexibility index (Phi) is 25.9. The summed E-state index contributed by atoms with van der Waals surface area (Å²) >= 11 is 0. The van der Waals surface area contributed by atoms with Crippen molar-refractivity contribution < 1.29 is 38.3 Å². The molecule has 0 heterocycles. The van der Waals surface area contributed by atoms with Crippen LogP contribution < -0.4 is 16.9 Å². The summed E-state index contributed by atoms with van der Waals surface area (Å²) in [4.78, 5) is 10.8. The maximum atomic E-state index is 10.8. The molecule has 0 saturated carbocycles. The zero-order valence-electron chi connectivity index (χ0n) is 21.4. The Morgan fingerprint density at radius 1 is 0.800 bits per heavy atom. The number of aliphatic hydroxyl groups is 1. The minimum absolute atomic E-state index is 0.321. The average Bonchev–Trinajstić information content (AvgIpc) is 2.85. The van der Waals surface area contributed by atoms with Gasteiger partial charge >= 0.3 is 0 Å². The lowest BCUT2D eigenvalue weighted by atomic mass is 10.2. The molecule has 0 radical (unpaired) electrons. The standard InChI is InChI=1S/C23H48N4O8/c1-2-3-4-5-7-27(25)19-22(24)21-35-18-17-34-16-15-33-14-13-32-12-11-31-10-9-30-8-6-26-23(29)20-28/h19,28H,2-18,20-21,24-25H2,1H3,(H,26,29)/b22-19-. The Labute approximate surface area is 210 Å². The predicted octanol–water partition coefficient (Wildman–Crippen LogP) is -0.249. The molecule has 0 aliphatic heterocycles. The molecule has 208 valence electrons. The van der Waals surface area contributed by atoms with E-state index in [0.29, 0.717) is 91.5 Å². The second kappa shape index (κ2) is 27.1. The third-order valence-electron chi connectivity index (χ3n) is 4.44. The first kappa shape index (κ1) is 33.5. The second-order valence-electron chi connectivity index (χ2n) is 7.63. The molecule has 12 heteroatoms. The van der Waals surface area contributed by atoms with Gasteiger partial charge in [-0.15, -0.1) is 0 Å². The first-order chi connectivity index (χ1) is 17.1. The lowest BCUT2D eigenvalue weighted by Crippen LogP contribution is -2.29. The molecule has 0 atom stereocenters. The summed E-state index contributed by atoms with van der Waals surface area (Å²) in [6.07, 6.45) is 6.37. The minimum atomic E-state index is -0.513. The number of amides is 1. The number of nitrogens with one attached hydrogen (secondary N) is 1. The van der Waals surface area contributed by atoms with Crippen molar-refractivity contribution in [3.05, 3.63) is 11.9 Å². The van der Waals surface area contributed by atoms with Gasteiger partial charge in [0.05, 0.1) is 85.0 Å². The highest BCUT2D eigenvalue weighted by molar-refractivity contribution is 5.76. The van der Waals surface area contributed by atoms with Gasteiger partial charge in [0, 0.05) is 19.3 Å². The van der Waals surface area contributed by atoms with Crippen molar-refractivity contribution in [2.45, 2.75) is 32.6 Å². The van der Waals surface area contributed by atoms with E-state index in [-0.39, 0.29) is 0 Å². The van der Waals surface area contributed by atoms with Crippen molar-refractivity contribution in [3.63, 3.8) is 0 Å². The zero-order valence-corrected chi connectivity index (χ0v) is 21.4. The quantitative estimate of drug-likeness (QED) is 0.0658. The summed E-state index contributed by atoms with van der Waals surface area (Å²) in [5, 5.41) is 12.6. The van der Waals surface area contributed by atoms with E-state index in [2.05, 4.69) is 12.2 Å². The number of ether oxygens (including phenoxy) is 6. The molecule has 0 saturated heterocycles. The van der Waals surface area contributed by atoms with Crippen molar-refractivity contribution in [1.82, 2.24) is 10.3 Å². The van der Waals surface area contributed by atoms with Gasteiger partial charge in [-0.3, -0.25) is 4.79 Å². The third kappa shape index (κ3) is 26.9. The van der Waals surface area contributed by atoms with Crippen LogP contribution in [0.2, 0.25) is 0 Å². The van der Waals surface area contributed by atoms with E-state index < -0.39 is 12.5 Å². The monoisotopic (exact) mass is 508 g/mol. The highest BCUT2D eigenvalue weighted by Crippen LogP contribution is 2.00. The molecular weight excluding hydrogens is 460 g/mol. The number of carbonyl (C=O) groups excluding carboxylic acids is 1. The van der Waals surface area contributed by atoms with Crippen molar-refractivity contribution in [1.29, 1.82) is 0 Å². The summed E-state index contributed by atoms with van der Waals surface area (Å²) in [5.41, 5.74) is 6.49. The summed E-state index contributed by atoms with van der Waals surface area (Å²) < 4.78 is 32.4. The normalized spacial score (nSPS) is 11.7. The number of hydrazine groups is 1. The summed E-state index contributed by atoms with van der Waals surface area (Å²) in [5.74, 6) is 5.47. The Morgan fingerprint density at radius 3 is 1.77 bits per heavy atom. The number of carbonyl (C=O) groups is 1. The number of hydrogen-bond donors (Lipinski definition) is 4. The van der Waals surface area contributed by atoms with Gasteiger partial charge in [0.2, 0.25) is 5.91 Å². The Morgan fingerprint density at radius 2 is 1.29 bits per heavy atom. The molecule has 0 aromatic carbocycles. The lowest BCUT2D eigenvalue weighted by molar-refractivity contribution is -0.124. The third-order valence-corrected chi connectivity index (χ3v) is 4.44. The van der Waals surface area contributed by atoms with Gasteiger partial charge in [-0.05, 0) is 6.42 Å². The number of aliphatic hydroxyl groups excluding tert-OH is 1. The van der Waals surface area contributed by atoms with Crippen LogP contribution in [0.5, 0.6) is 0 Å². The number of nitrogens with zero attached hydrogens (tertiary/aromatic N) is 1. The van der Waals surface area contributed by atoms with Crippen molar-refractivity contribution in [3.8, 4) is 0 Å². The van der Waals surface area contributed by atoms with Gasteiger partial charge in [0.15, 0.2) is 0 Å². The number of hydrogen-bond acceptors (Lipinski definition) is 11. The van der Waals surface area contributed by atoms with Gasteiger partial charge in [-0.1, -0.05) is 26.2 Å². The molecule has 0 bridgehead atoms. The summed E-state index contributed by atoms with van der Waals surface area (Å²) in [6.45, 7) is 8.18. The number of nitrogens with two attached hydrogens (primary N) is 2. The van der Waals surface area contributed by atoms with Crippen molar-refractivity contribution in [2.75, 3.05) is 99.0 Å². The molecule has 0 aromatic heterocycles. The zero-order chi connectivity index (χ0) is 25.8. The molecule has 0 unspecified atom stereocenters. The molecule has 35 heavy (non-hydrogen) atoms. The fourth-order valence-electron chi connectivity index (χ4n) is 2.64. The maximum absolute atomic E-state index is 10.8. The van der Waals surface area contributed by atoms with Gasteiger partial charge in [-0.2, -0.15) is 0 Å². The highest BCUT2D eigenvalue weighted by Gasteiger charge is 1.99. The van der Waals surface area contributed by atoms with E-state index >= 15 is 0 Å². The maximum Gasteiger partial charge on any atom is 0.245 e. The Balaban J connectivity index is 3.25. The van der Waals surface area contributed by atoms with Crippen LogP contribution in [0.4, 0.5) is 0 Å². The first-order valence-electron chi connectivity index (χ1n) is 12.4. The Hall–Kier alpha value is -1.51. The van der Waals surface area contributed by atoms with Gasteiger partial charge < -0.3 is 49.6 Å². The highest BCUT2D eigenvalue weighted by atomic mass is 16.6. The van der Waals surface area contributed by atoms with E-state index in [1.54, 1.807) is 11.2 Å². The van der Waals surface area contributed by atoms with Crippen LogP contribution in [0, 0.1) is 0 Å². The summed E-state index contributed by atoms with van der Waals surface area (Å²) in [6, 6.07) is 0. The van der Waals surface area contributed by atoms with E-state index in [0.717, 1.165) is 13.0 Å². The predicted molar refractivity (Wildman–Crippen MR) is 132 cm³/mol. The fourth-order valence-corrected chi connectivity index (χ4v) is 2.64. The number of unbranched alkanes of at least 4 members (excludes halogenated alkanes) is 3. The van der Waals surface area contributed by atoms with Crippen LogP contribution in [-0.4, -0.2) is 115 Å². The van der Waals surface area contributed by atoms with E-state index in [1.165, 1.54) is 19.3 Å². The van der Waals surface area contributed by atoms with Crippen LogP contribution in [0.3, 0.4) is 0 Å². The van der Waals surface area contributed by atoms with Gasteiger partial charge in [0.1, 0.15) is 6.61 Å². The molecule has 0 aromatic rings. The fraction of sp³-hybridized carbons (Fsp3) is 0.870. The van der Waals surface area contributed by atoms with Crippen LogP contribution in [-0.2, 0) is 33.2 Å². The van der Waals surface area contributed by atoms with Crippen LogP contribution in [0.1, 0.15) is 32.6 Å². The van der Waals surface area contributed by atoms with E-state index in [4.69, 9.17) is 45.1 Å². The van der Waals surface area contributed by atoms with Crippen LogP contribution in [0.25, 0.3) is 0 Å². The second-order valence-corrected chi connectivity index (χ2v) is 7.63. The molecule has 0 fully saturated rings. The molecule has 1 amide bonds. The van der Waals surface area contributed by atoms with Gasteiger partial charge in [-0.25, -0.2) is 5.84 Å². The van der Waals surface area contributed by atoms with E-state index in [1.807, 2.05) is 0 Å². The largest absolute Gasteiger partial charge is 0.399 e. The molecule has 0 aliphatic carbocycles. The summed E-state index contributed by atoms with van der Waals surface area (Å²) in [7, 11) is 0. The van der Waals surface area contributed by atoms with Gasteiger partial charge in [0.25, 0.3) is 0 Å². The SMILES string of the molecule is CCCCCCN(N)/C=C(\N)COCCOCCOCCOCCOCCOCCNC(=O)CO. The minimum Gasteiger partial charge on any atom is -0.399 e. The molecule has 12 nitrogen and oxygen atoms in total. The smallest absolute Gasteiger partial charge is 0.245 e. The Bertz CT molecular complexity index is 500. The average molecular weight is 509 g/mol. The molecule has 0 aliphatic rings. The molecule has 0 spiro atoms. The number of rotatable bonds is 27. The molecule has 6 N–H and O–H groups in total. The van der Waals surface area contributed by atoms with Crippen molar-refractivity contribution in [2.24, 2.45) is 11.6 Å². The molecular formula is C23H48N4O8. The van der Waals surface area contributed by atoms with E-state index in [9.17, 15) is 4.79 Å². The lowest BCUT2D eigenvalue weighted by Gasteiger charge is -2.15. The van der Waals surface area contributed by atoms with Crippen LogP contribution >= 0.6 is 0 Å². The topological polar surface area (TPSA) is 160 Å². The van der Waals surface area contributed by atoms with Crippen LogP contribution in [0.15, 0.2) is 11.9 Å². The molecule has 0 rings (SSSR count). The van der Waals surface area contributed by atoms with Crippen molar-refractivity contribution >= 4 is 5.91 Å². The first-order valence-corrected chi connectivity index (χ1v) is 12.4.